The number of hydrogen-bond acceptors (Lipinski definition) is 3. The van der Waals surface area contributed by atoms with Gasteiger partial charge in [0.15, 0.2) is 0 Å². The van der Waals surface area contributed by atoms with Gasteiger partial charge in [-0.05, 0) is 37.1 Å². The van der Waals surface area contributed by atoms with E-state index in [0.29, 0.717) is 6.42 Å². The molecule has 1 aromatic carbocycles. The van der Waals surface area contributed by atoms with Gasteiger partial charge < -0.3 is 14.6 Å². The van der Waals surface area contributed by atoms with Gasteiger partial charge in [-0.15, -0.1) is 0 Å². The first-order valence-electron chi connectivity index (χ1n) is 7.11. The number of benzene rings is 1. The lowest BCUT2D eigenvalue weighted by atomic mass is 10.0. The van der Waals surface area contributed by atoms with Crippen molar-refractivity contribution in [3.63, 3.8) is 0 Å². The van der Waals surface area contributed by atoms with E-state index in [1.807, 2.05) is 11.0 Å². The Kier molecular flexibility index (Phi) is 3.49. The molecule has 4 nitrogen and oxygen atoms in total. The molecule has 0 bridgehead atoms. The molecule has 4 heteroatoms. The fourth-order valence-corrected chi connectivity index (χ4v) is 2.66. The minimum Gasteiger partial charge on any atom is -0.464 e. The Balaban J connectivity index is 1.83. The molecule has 1 saturated heterocycles. The molecule has 20 heavy (non-hydrogen) atoms. The van der Waals surface area contributed by atoms with E-state index in [1.165, 1.54) is 11.1 Å². The number of amides is 1. The highest BCUT2D eigenvalue weighted by molar-refractivity contribution is 5.88. The van der Waals surface area contributed by atoms with Crippen molar-refractivity contribution >= 4 is 16.9 Å². The lowest BCUT2D eigenvalue weighted by Crippen LogP contribution is -2.46. The van der Waals surface area contributed by atoms with Gasteiger partial charge in [0.2, 0.25) is 5.91 Å². The Bertz CT molecular complexity index is 639. The summed E-state index contributed by atoms with van der Waals surface area (Å²) in [5, 5.41) is 4.33. The molecule has 2 aromatic rings. The monoisotopic (exact) mass is 272 g/mol. The number of fused-ring (bicyclic) bond motifs is 1. The van der Waals surface area contributed by atoms with E-state index in [1.54, 1.807) is 6.26 Å². The van der Waals surface area contributed by atoms with Crippen LogP contribution in [-0.4, -0.2) is 37.0 Å². The third kappa shape index (κ3) is 2.43. The van der Waals surface area contributed by atoms with Crippen LogP contribution in [0, 0.1) is 13.8 Å². The molecule has 1 aliphatic rings. The molecule has 106 valence electrons. The molecule has 2 heterocycles. The second-order valence-electron chi connectivity index (χ2n) is 5.50. The van der Waals surface area contributed by atoms with Crippen LogP contribution in [0.3, 0.4) is 0 Å². The molecule has 1 aliphatic heterocycles. The summed E-state index contributed by atoms with van der Waals surface area (Å²) in [5.41, 5.74) is 4.31. The van der Waals surface area contributed by atoms with Gasteiger partial charge in [-0.25, -0.2) is 0 Å². The number of nitrogens with one attached hydrogen (secondary N) is 1. The molecule has 1 fully saturated rings. The standard InChI is InChI=1S/C16H20N2O2/c1-11-7-14-13(10-20-15(14)8-12(11)2)9-16(19)18-5-3-17-4-6-18/h7-8,10,17H,3-6,9H2,1-2H3. The zero-order valence-electron chi connectivity index (χ0n) is 12.0. The lowest BCUT2D eigenvalue weighted by Gasteiger charge is -2.27. The number of carbonyl (C=O) groups excluding carboxylic acids is 1. The normalized spacial score (nSPS) is 15.8. The van der Waals surface area contributed by atoms with Crippen LogP contribution < -0.4 is 5.32 Å². The lowest BCUT2D eigenvalue weighted by molar-refractivity contribution is -0.131. The maximum absolute atomic E-state index is 12.3. The zero-order valence-corrected chi connectivity index (χ0v) is 12.0. The molecule has 0 atom stereocenters. The molecule has 0 spiro atoms. The Morgan fingerprint density at radius 1 is 1.25 bits per heavy atom. The molecular formula is C16H20N2O2. The number of hydrogen-bond donors (Lipinski definition) is 1. The molecule has 1 amide bonds. The van der Waals surface area contributed by atoms with E-state index in [-0.39, 0.29) is 5.91 Å². The van der Waals surface area contributed by atoms with E-state index in [9.17, 15) is 4.79 Å². The number of nitrogens with zero attached hydrogens (tertiary/aromatic N) is 1. The summed E-state index contributed by atoms with van der Waals surface area (Å²) in [5.74, 6) is 0.187. The predicted octanol–water partition coefficient (Wildman–Crippen LogP) is 2.02. The van der Waals surface area contributed by atoms with Crippen LogP contribution in [0.15, 0.2) is 22.8 Å². The fourth-order valence-electron chi connectivity index (χ4n) is 2.66. The zero-order chi connectivity index (χ0) is 14.1. The van der Waals surface area contributed by atoms with Gasteiger partial charge >= 0.3 is 0 Å². The molecule has 0 unspecified atom stereocenters. The average Bonchev–Trinajstić information content (AvgIpc) is 2.83. The third-order valence-corrected chi connectivity index (χ3v) is 4.08. The smallest absolute Gasteiger partial charge is 0.227 e. The summed E-state index contributed by atoms with van der Waals surface area (Å²) in [4.78, 5) is 14.2. The first kappa shape index (κ1) is 13.2. The average molecular weight is 272 g/mol. The third-order valence-electron chi connectivity index (χ3n) is 4.08. The summed E-state index contributed by atoms with van der Waals surface area (Å²) < 4.78 is 5.59. The van der Waals surface area contributed by atoms with Crippen molar-refractivity contribution in [2.45, 2.75) is 20.3 Å². The van der Waals surface area contributed by atoms with Gasteiger partial charge in [0.1, 0.15) is 5.58 Å². The SMILES string of the molecule is Cc1cc2occ(CC(=O)N3CCNCC3)c2cc1C. The van der Waals surface area contributed by atoms with Crippen LogP contribution in [0.25, 0.3) is 11.0 Å². The van der Waals surface area contributed by atoms with Crippen molar-refractivity contribution in [2.75, 3.05) is 26.2 Å². The van der Waals surface area contributed by atoms with Crippen molar-refractivity contribution in [2.24, 2.45) is 0 Å². The van der Waals surface area contributed by atoms with Crippen LogP contribution >= 0.6 is 0 Å². The number of carbonyl (C=O) groups is 1. The van der Waals surface area contributed by atoms with Crippen LogP contribution in [0.2, 0.25) is 0 Å². The summed E-state index contributed by atoms with van der Waals surface area (Å²) in [6.45, 7) is 7.53. The Labute approximate surface area is 118 Å². The van der Waals surface area contributed by atoms with Crippen LogP contribution in [0.1, 0.15) is 16.7 Å². The number of aryl methyl sites for hydroxylation is 2. The van der Waals surface area contributed by atoms with E-state index in [0.717, 1.165) is 42.7 Å². The summed E-state index contributed by atoms with van der Waals surface area (Å²) >= 11 is 0. The van der Waals surface area contributed by atoms with E-state index in [2.05, 4.69) is 25.2 Å². The van der Waals surface area contributed by atoms with Crippen molar-refractivity contribution in [3.8, 4) is 0 Å². The largest absolute Gasteiger partial charge is 0.464 e. The molecule has 0 saturated carbocycles. The Hall–Kier alpha value is -1.81. The fraction of sp³-hybridized carbons (Fsp3) is 0.438. The molecule has 0 aliphatic carbocycles. The first-order chi connectivity index (χ1) is 9.65. The number of furan rings is 1. The van der Waals surface area contributed by atoms with Crippen LogP contribution in [0.5, 0.6) is 0 Å². The van der Waals surface area contributed by atoms with E-state index in [4.69, 9.17) is 4.42 Å². The summed E-state index contributed by atoms with van der Waals surface area (Å²) in [6.07, 6.45) is 2.15. The summed E-state index contributed by atoms with van der Waals surface area (Å²) in [7, 11) is 0. The minimum absolute atomic E-state index is 0.187. The topological polar surface area (TPSA) is 45.5 Å². The maximum Gasteiger partial charge on any atom is 0.227 e. The van der Waals surface area contributed by atoms with Gasteiger partial charge in [0.05, 0.1) is 12.7 Å². The van der Waals surface area contributed by atoms with Crippen molar-refractivity contribution in [3.05, 3.63) is 35.1 Å². The highest BCUT2D eigenvalue weighted by Crippen LogP contribution is 2.25. The van der Waals surface area contributed by atoms with Crippen molar-refractivity contribution in [1.29, 1.82) is 0 Å². The highest BCUT2D eigenvalue weighted by atomic mass is 16.3. The van der Waals surface area contributed by atoms with E-state index < -0.39 is 0 Å². The predicted molar refractivity (Wildman–Crippen MR) is 78.8 cm³/mol. The van der Waals surface area contributed by atoms with Crippen molar-refractivity contribution in [1.82, 2.24) is 10.2 Å². The van der Waals surface area contributed by atoms with E-state index >= 15 is 0 Å². The summed E-state index contributed by atoms with van der Waals surface area (Å²) in [6, 6.07) is 4.16. The van der Waals surface area contributed by atoms with Gasteiger partial charge in [0.25, 0.3) is 0 Å². The van der Waals surface area contributed by atoms with Gasteiger partial charge in [-0.1, -0.05) is 0 Å². The quantitative estimate of drug-likeness (QED) is 0.909. The number of piperazine rings is 1. The second-order valence-corrected chi connectivity index (χ2v) is 5.50. The maximum atomic E-state index is 12.3. The molecule has 1 N–H and O–H groups in total. The molecule has 1 aromatic heterocycles. The second kappa shape index (κ2) is 5.29. The Morgan fingerprint density at radius 2 is 1.95 bits per heavy atom. The van der Waals surface area contributed by atoms with Gasteiger partial charge in [-0.2, -0.15) is 0 Å². The minimum atomic E-state index is 0.187. The molecular weight excluding hydrogens is 252 g/mol. The highest BCUT2D eigenvalue weighted by Gasteiger charge is 2.18. The van der Waals surface area contributed by atoms with Gasteiger partial charge in [-0.3, -0.25) is 4.79 Å². The molecule has 3 rings (SSSR count). The van der Waals surface area contributed by atoms with Crippen LogP contribution in [0.4, 0.5) is 0 Å². The number of rotatable bonds is 2. The molecule has 0 radical (unpaired) electrons. The Morgan fingerprint density at radius 3 is 2.70 bits per heavy atom. The van der Waals surface area contributed by atoms with Gasteiger partial charge in [0, 0.05) is 37.1 Å². The first-order valence-corrected chi connectivity index (χ1v) is 7.11. The van der Waals surface area contributed by atoms with Crippen molar-refractivity contribution < 1.29 is 9.21 Å². The van der Waals surface area contributed by atoms with Crippen LogP contribution in [-0.2, 0) is 11.2 Å².